The van der Waals surface area contributed by atoms with Gasteiger partial charge in [-0.15, -0.1) is 0 Å². The molecule has 0 aromatic carbocycles. The molecule has 0 amide bonds. The van der Waals surface area contributed by atoms with Gasteiger partial charge in [-0.3, -0.25) is 4.98 Å². The Hall–Kier alpha value is -1.06. The lowest BCUT2D eigenvalue weighted by molar-refractivity contribution is -0.141. The summed E-state index contributed by atoms with van der Waals surface area (Å²) in [6, 6.07) is 2.76. The van der Waals surface area contributed by atoms with Crippen LogP contribution in [0.25, 0.3) is 0 Å². The summed E-state index contributed by atoms with van der Waals surface area (Å²) in [5, 5.41) is 0. The third-order valence-electron chi connectivity index (χ3n) is 4.92. The number of nitrogens with zero attached hydrogens (tertiary/aromatic N) is 1. The molecule has 138 valence electrons. The second kappa shape index (κ2) is 10.0. The maximum atomic E-state index is 12.7. The predicted molar refractivity (Wildman–Crippen MR) is 94.1 cm³/mol. The van der Waals surface area contributed by atoms with Crippen LogP contribution < -0.4 is 0 Å². The average Bonchev–Trinajstić information content (AvgIpc) is 2.54. The largest absolute Gasteiger partial charge is 0.433 e. The fourth-order valence-corrected chi connectivity index (χ4v) is 3.22. The third kappa shape index (κ3) is 6.82. The van der Waals surface area contributed by atoms with Crippen molar-refractivity contribution in [3.63, 3.8) is 0 Å². The molecule has 1 heterocycles. The molecule has 0 aliphatic carbocycles. The van der Waals surface area contributed by atoms with Crippen LogP contribution in [0.15, 0.2) is 18.3 Å². The van der Waals surface area contributed by atoms with Gasteiger partial charge in [-0.1, -0.05) is 78.2 Å². The van der Waals surface area contributed by atoms with Gasteiger partial charge in [-0.25, -0.2) is 0 Å². The van der Waals surface area contributed by atoms with E-state index < -0.39 is 11.9 Å². The third-order valence-corrected chi connectivity index (χ3v) is 4.92. The van der Waals surface area contributed by atoms with Crippen molar-refractivity contribution >= 4 is 0 Å². The number of rotatable bonds is 11. The summed E-state index contributed by atoms with van der Waals surface area (Å²) in [5.74, 6) is 0. The Labute approximate surface area is 145 Å². The van der Waals surface area contributed by atoms with E-state index in [0.717, 1.165) is 43.7 Å². The highest BCUT2D eigenvalue weighted by Gasteiger charge is 2.33. The molecule has 0 aliphatic heterocycles. The van der Waals surface area contributed by atoms with Crippen molar-refractivity contribution in [2.45, 2.75) is 96.6 Å². The molecule has 0 aliphatic rings. The SMILES string of the molecule is CCCCCCCC(C)(CCCCC)c1ccc(C(F)(F)F)nc1. The van der Waals surface area contributed by atoms with Crippen LogP contribution >= 0.6 is 0 Å². The molecule has 1 aromatic heterocycles. The summed E-state index contributed by atoms with van der Waals surface area (Å²) in [6.45, 7) is 6.55. The second-order valence-corrected chi connectivity index (χ2v) is 7.11. The van der Waals surface area contributed by atoms with Gasteiger partial charge in [0.2, 0.25) is 0 Å². The van der Waals surface area contributed by atoms with Crippen LogP contribution in [0.5, 0.6) is 0 Å². The molecule has 0 N–H and O–H groups in total. The number of aromatic nitrogens is 1. The smallest absolute Gasteiger partial charge is 0.251 e. The van der Waals surface area contributed by atoms with E-state index in [1.54, 1.807) is 6.07 Å². The van der Waals surface area contributed by atoms with Crippen LogP contribution in [0.4, 0.5) is 13.2 Å². The first-order chi connectivity index (χ1) is 11.3. The molecule has 0 fully saturated rings. The highest BCUT2D eigenvalue weighted by molar-refractivity contribution is 5.24. The minimum absolute atomic E-state index is 0.0709. The zero-order chi connectivity index (χ0) is 18.1. The summed E-state index contributed by atoms with van der Waals surface area (Å²) in [6.07, 6.45) is 8.60. The number of hydrogen-bond donors (Lipinski definition) is 0. The number of halogens is 3. The molecule has 0 saturated carbocycles. The van der Waals surface area contributed by atoms with Gasteiger partial charge in [0.25, 0.3) is 0 Å². The molecule has 1 aromatic rings. The fourth-order valence-electron chi connectivity index (χ4n) is 3.22. The maximum Gasteiger partial charge on any atom is 0.433 e. The van der Waals surface area contributed by atoms with Crippen molar-refractivity contribution in [2.75, 3.05) is 0 Å². The van der Waals surface area contributed by atoms with Gasteiger partial charge in [-0.05, 0) is 29.9 Å². The van der Waals surface area contributed by atoms with Gasteiger partial charge in [0.1, 0.15) is 5.69 Å². The Bertz CT molecular complexity index is 453. The normalized spacial score (nSPS) is 14.6. The Kier molecular flexibility index (Phi) is 8.79. The van der Waals surface area contributed by atoms with Crippen molar-refractivity contribution in [1.29, 1.82) is 0 Å². The van der Waals surface area contributed by atoms with Gasteiger partial charge >= 0.3 is 6.18 Å². The molecule has 4 heteroatoms. The lowest BCUT2D eigenvalue weighted by atomic mass is 9.74. The number of hydrogen-bond acceptors (Lipinski definition) is 1. The molecule has 1 atom stereocenters. The zero-order valence-corrected chi connectivity index (χ0v) is 15.4. The highest BCUT2D eigenvalue weighted by atomic mass is 19.4. The fraction of sp³-hybridized carbons (Fsp3) is 0.750. The summed E-state index contributed by atoms with van der Waals surface area (Å²) in [7, 11) is 0. The summed E-state index contributed by atoms with van der Waals surface area (Å²) in [4.78, 5) is 3.68. The molecule has 1 nitrogen and oxygen atoms in total. The molecular weight excluding hydrogens is 311 g/mol. The average molecular weight is 343 g/mol. The van der Waals surface area contributed by atoms with Crippen molar-refractivity contribution in [3.8, 4) is 0 Å². The van der Waals surface area contributed by atoms with E-state index in [4.69, 9.17) is 0 Å². The molecule has 1 rings (SSSR count). The van der Waals surface area contributed by atoms with Crippen LogP contribution in [0.2, 0.25) is 0 Å². The van der Waals surface area contributed by atoms with E-state index in [-0.39, 0.29) is 5.41 Å². The maximum absolute atomic E-state index is 12.7. The first kappa shape index (κ1) is 21.0. The van der Waals surface area contributed by atoms with Crippen LogP contribution in [0.1, 0.15) is 96.2 Å². The van der Waals surface area contributed by atoms with Crippen molar-refractivity contribution in [2.24, 2.45) is 0 Å². The van der Waals surface area contributed by atoms with Gasteiger partial charge < -0.3 is 0 Å². The highest BCUT2D eigenvalue weighted by Crippen LogP contribution is 2.36. The van der Waals surface area contributed by atoms with Gasteiger partial charge in [0.05, 0.1) is 0 Å². The number of unbranched alkanes of at least 4 members (excludes halogenated alkanes) is 6. The lowest BCUT2D eigenvalue weighted by Gasteiger charge is -2.30. The summed E-state index contributed by atoms with van der Waals surface area (Å²) < 4.78 is 38.2. The standard InChI is InChI=1S/C20H32F3N/c1-4-6-8-9-11-15-19(3,14-10-7-5-2)17-12-13-18(24-16-17)20(21,22)23/h12-13,16H,4-11,14-15H2,1-3H3. The van der Waals surface area contributed by atoms with Crippen molar-refractivity contribution in [1.82, 2.24) is 4.98 Å². The van der Waals surface area contributed by atoms with Crippen molar-refractivity contribution in [3.05, 3.63) is 29.6 Å². The van der Waals surface area contributed by atoms with E-state index in [2.05, 4.69) is 25.8 Å². The Morgan fingerprint density at radius 1 is 0.833 bits per heavy atom. The minimum atomic E-state index is -4.36. The molecule has 1 unspecified atom stereocenters. The monoisotopic (exact) mass is 343 g/mol. The Morgan fingerprint density at radius 2 is 1.38 bits per heavy atom. The summed E-state index contributed by atoms with van der Waals surface area (Å²) >= 11 is 0. The van der Waals surface area contributed by atoms with Crippen LogP contribution in [-0.2, 0) is 11.6 Å². The Morgan fingerprint density at radius 3 is 1.88 bits per heavy atom. The molecule has 24 heavy (non-hydrogen) atoms. The lowest BCUT2D eigenvalue weighted by Crippen LogP contribution is -2.23. The topological polar surface area (TPSA) is 12.9 Å². The molecule has 0 spiro atoms. The first-order valence-corrected chi connectivity index (χ1v) is 9.37. The molecule has 0 radical (unpaired) electrons. The number of pyridine rings is 1. The van der Waals surface area contributed by atoms with E-state index in [9.17, 15) is 13.2 Å². The van der Waals surface area contributed by atoms with E-state index in [0.29, 0.717) is 0 Å². The van der Waals surface area contributed by atoms with Crippen LogP contribution in [0.3, 0.4) is 0 Å². The van der Waals surface area contributed by atoms with Gasteiger partial charge in [0.15, 0.2) is 0 Å². The van der Waals surface area contributed by atoms with Crippen LogP contribution in [0, 0.1) is 0 Å². The zero-order valence-electron chi connectivity index (χ0n) is 15.4. The van der Waals surface area contributed by atoms with E-state index >= 15 is 0 Å². The molecular formula is C20H32F3N. The molecule has 0 bridgehead atoms. The minimum Gasteiger partial charge on any atom is -0.251 e. The van der Waals surface area contributed by atoms with E-state index in [1.807, 2.05) is 0 Å². The van der Waals surface area contributed by atoms with Gasteiger partial charge in [0, 0.05) is 6.20 Å². The van der Waals surface area contributed by atoms with Gasteiger partial charge in [-0.2, -0.15) is 13.2 Å². The first-order valence-electron chi connectivity index (χ1n) is 9.37. The second-order valence-electron chi connectivity index (χ2n) is 7.11. The Balaban J connectivity index is 2.79. The van der Waals surface area contributed by atoms with Crippen molar-refractivity contribution < 1.29 is 13.2 Å². The van der Waals surface area contributed by atoms with E-state index in [1.165, 1.54) is 38.3 Å². The summed E-state index contributed by atoms with van der Waals surface area (Å²) in [5.41, 5.74) is 0.0746. The quantitative estimate of drug-likeness (QED) is 0.384. The van der Waals surface area contributed by atoms with Crippen LogP contribution in [-0.4, -0.2) is 4.98 Å². The predicted octanol–water partition coefficient (Wildman–Crippen LogP) is 7.30. The molecule has 0 saturated heterocycles. The number of alkyl halides is 3.